The highest BCUT2D eigenvalue weighted by Gasteiger charge is 2.22. The molecule has 0 aliphatic carbocycles. The standard InChI is InChI=1S/C14H24N4O7S/c1-26-5-4-9(14(25)17-7-12(22)23)18-10(19)6-16-13(24)8(15)2-3-11(20)21/h8-9H,2-7,15H2,1H3,(H,16,24)(H,17,25)(H,18,19)(H,20,21)(H,22,23). The van der Waals surface area contributed by atoms with Crippen LogP contribution in [-0.2, 0) is 24.0 Å². The molecule has 0 heterocycles. The Bertz CT molecular complexity index is 529. The topological polar surface area (TPSA) is 188 Å². The number of carboxylic acids is 2. The van der Waals surface area contributed by atoms with Crippen LogP contribution in [0.25, 0.3) is 0 Å². The lowest BCUT2D eigenvalue weighted by Crippen LogP contribution is -2.51. The summed E-state index contributed by atoms with van der Waals surface area (Å²) in [5, 5.41) is 24.0. The minimum absolute atomic E-state index is 0.0727. The summed E-state index contributed by atoms with van der Waals surface area (Å²) in [4.78, 5) is 56.4. The fraction of sp³-hybridized carbons (Fsp3) is 0.643. The fourth-order valence-corrected chi connectivity index (χ4v) is 2.22. The molecule has 0 aromatic heterocycles. The van der Waals surface area contributed by atoms with Gasteiger partial charge in [0.1, 0.15) is 12.6 Å². The Morgan fingerprint density at radius 1 is 0.962 bits per heavy atom. The van der Waals surface area contributed by atoms with Crippen molar-refractivity contribution in [3.63, 3.8) is 0 Å². The van der Waals surface area contributed by atoms with E-state index in [4.69, 9.17) is 15.9 Å². The van der Waals surface area contributed by atoms with Gasteiger partial charge in [-0.25, -0.2) is 0 Å². The van der Waals surface area contributed by atoms with Crippen LogP contribution in [0, 0.1) is 0 Å². The smallest absolute Gasteiger partial charge is 0.322 e. The van der Waals surface area contributed by atoms with Gasteiger partial charge in [0.2, 0.25) is 17.7 Å². The maximum absolute atomic E-state index is 11.9. The third-order valence-corrected chi connectivity index (χ3v) is 3.75. The van der Waals surface area contributed by atoms with Gasteiger partial charge in [0.15, 0.2) is 0 Å². The van der Waals surface area contributed by atoms with Crippen molar-refractivity contribution in [2.75, 3.05) is 25.1 Å². The first kappa shape index (κ1) is 23.7. The van der Waals surface area contributed by atoms with Gasteiger partial charge in [-0.3, -0.25) is 24.0 Å². The van der Waals surface area contributed by atoms with Gasteiger partial charge in [0, 0.05) is 6.42 Å². The van der Waals surface area contributed by atoms with Crippen LogP contribution in [-0.4, -0.2) is 77.1 Å². The van der Waals surface area contributed by atoms with Gasteiger partial charge in [-0.15, -0.1) is 0 Å². The van der Waals surface area contributed by atoms with Crippen LogP contribution in [0.5, 0.6) is 0 Å². The Hall–Kier alpha value is -2.34. The van der Waals surface area contributed by atoms with E-state index in [1.54, 1.807) is 0 Å². The van der Waals surface area contributed by atoms with Gasteiger partial charge >= 0.3 is 11.9 Å². The number of carbonyl (C=O) groups excluding carboxylic acids is 3. The summed E-state index contributed by atoms with van der Waals surface area (Å²) in [6.45, 7) is -1.01. The highest BCUT2D eigenvalue weighted by molar-refractivity contribution is 7.98. The molecule has 11 nitrogen and oxygen atoms in total. The molecule has 0 bridgehead atoms. The Balaban J connectivity index is 4.46. The first-order valence-electron chi connectivity index (χ1n) is 7.70. The number of nitrogens with one attached hydrogen (secondary N) is 3. The van der Waals surface area contributed by atoms with Crippen molar-refractivity contribution in [3.05, 3.63) is 0 Å². The van der Waals surface area contributed by atoms with Crippen LogP contribution in [0.15, 0.2) is 0 Å². The SMILES string of the molecule is CSCCC(NC(=O)CNC(=O)C(N)CCC(=O)O)C(=O)NCC(=O)O. The summed E-state index contributed by atoms with van der Waals surface area (Å²) in [6.07, 6.45) is 1.75. The largest absolute Gasteiger partial charge is 0.481 e. The lowest BCUT2D eigenvalue weighted by atomic mass is 10.1. The zero-order chi connectivity index (χ0) is 20.1. The Kier molecular flexibility index (Phi) is 11.8. The van der Waals surface area contributed by atoms with E-state index in [-0.39, 0.29) is 19.3 Å². The van der Waals surface area contributed by atoms with Crippen LogP contribution >= 0.6 is 11.8 Å². The van der Waals surface area contributed by atoms with E-state index in [1.165, 1.54) is 11.8 Å². The highest BCUT2D eigenvalue weighted by Crippen LogP contribution is 2.01. The predicted octanol–water partition coefficient (Wildman–Crippen LogP) is -2.27. The summed E-state index contributed by atoms with van der Waals surface area (Å²) in [6, 6.07) is -2.00. The quantitative estimate of drug-likeness (QED) is 0.201. The van der Waals surface area contributed by atoms with Crippen LogP contribution < -0.4 is 21.7 Å². The molecule has 148 valence electrons. The van der Waals surface area contributed by atoms with Gasteiger partial charge < -0.3 is 31.9 Å². The lowest BCUT2D eigenvalue weighted by Gasteiger charge is -2.18. The number of carboxylic acid groups (broad SMARTS) is 2. The molecule has 0 fully saturated rings. The van der Waals surface area contributed by atoms with Crippen LogP contribution in [0.3, 0.4) is 0 Å². The van der Waals surface area contributed by atoms with Crippen molar-refractivity contribution in [2.24, 2.45) is 5.73 Å². The van der Waals surface area contributed by atoms with E-state index >= 15 is 0 Å². The molecule has 0 aromatic rings. The Morgan fingerprint density at radius 3 is 2.12 bits per heavy atom. The zero-order valence-corrected chi connectivity index (χ0v) is 15.1. The number of carbonyl (C=O) groups is 5. The molecule has 0 rings (SSSR count). The molecular formula is C14H24N4O7S. The third kappa shape index (κ3) is 11.3. The number of aliphatic carboxylic acids is 2. The second-order valence-electron chi connectivity index (χ2n) is 5.27. The van der Waals surface area contributed by atoms with Crippen LogP contribution in [0.1, 0.15) is 19.3 Å². The average Bonchev–Trinajstić information content (AvgIpc) is 2.58. The minimum atomic E-state index is -1.21. The number of hydrogen-bond donors (Lipinski definition) is 6. The second-order valence-corrected chi connectivity index (χ2v) is 6.26. The van der Waals surface area contributed by atoms with Crippen molar-refractivity contribution in [2.45, 2.75) is 31.3 Å². The van der Waals surface area contributed by atoms with Crippen molar-refractivity contribution < 1.29 is 34.2 Å². The fourth-order valence-electron chi connectivity index (χ4n) is 1.74. The Labute approximate surface area is 154 Å². The molecule has 2 unspecified atom stereocenters. The number of rotatable bonds is 13. The first-order chi connectivity index (χ1) is 12.2. The lowest BCUT2D eigenvalue weighted by molar-refractivity contribution is -0.139. The van der Waals surface area contributed by atoms with E-state index in [0.29, 0.717) is 5.75 Å². The van der Waals surface area contributed by atoms with E-state index in [0.717, 1.165) is 0 Å². The summed E-state index contributed by atoms with van der Waals surface area (Å²) in [5.41, 5.74) is 5.51. The minimum Gasteiger partial charge on any atom is -0.481 e. The van der Waals surface area contributed by atoms with E-state index in [1.807, 2.05) is 6.26 Å². The number of nitrogens with two attached hydrogens (primary N) is 1. The molecule has 0 aliphatic rings. The summed E-state index contributed by atoms with van der Waals surface area (Å²) in [5.74, 6) is -3.72. The molecule has 2 atom stereocenters. The maximum Gasteiger partial charge on any atom is 0.322 e. The maximum atomic E-state index is 11.9. The van der Waals surface area contributed by atoms with Crippen LogP contribution in [0.2, 0.25) is 0 Å². The monoisotopic (exact) mass is 392 g/mol. The molecule has 7 N–H and O–H groups in total. The molecule has 0 aromatic carbocycles. The van der Waals surface area contributed by atoms with Gasteiger partial charge in [-0.2, -0.15) is 11.8 Å². The summed E-state index contributed by atoms with van der Waals surface area (Å²) < 4.78 is 0. The van der Waals surface area contributed by atoms with E-state index in [9.17, 15) is 24.0 Å². The second kappa shape index (κ2) is 12.9. The number of amides is 3. The molecule has 0 saturated carbocycles. The van der Waals surface area contributed by atoms with Gasteiger partial charge in [0.25, 0.3) is 0 Å². The zero-order valence-electron chi connectivity index (χ0n) is 14.3. The van der Waals surface area contributed by atoms with Crippen molar-refractivity contribution in [1.82, 2.24) is 16.0 Å². The number of thioether (sulfide) groups is 1. The van der Waals surface area contributed by atoms with Crippen LogP contribution in [0.4, 0.5) is 0 Å². The number of hydrogen-bond acceptors (Lipinski definition) is 7. The molecule has 0 radical (unpaired) electrons. The summed E-state index contributed by atoms with van der Waals surface area (Å²) >= 11 is 1.45. The van der Waals surface area contributed by atoms with Gasteiger partial charge in [-0.1, -0.05) is 0 Å². The summed E-state index contributed by atoms with van der Waals surface area (Å²) in [7, 11) is 0. The van der Waals surface area contributed by atoms with E-state index < -0.39 is 54.8 Å². The van der Waals surface area contributed by atoms with Crippen molar-refractivity contribution in [1.29, 1.82) is 0 Å². The molecule has 26 heavy (non-hydrogen) atoms. The predicted molar refractivity (Wildman–Crippen MR) is 93.4 cm³/mol. The molecule has 3 amide bonds. The molecule has 0 aliphatic heterocycles. The van der Waals surface area contributed by atoms with Crippen molar-refractivity contribution >= 4 is 41.4 Å². The van der Waals surface area contributed by atoms with E-state index in [2.05, 4.69) is 16.0 Å². The highest BCUT2D eigenvalue weighted by atomic mass is 32.2. The molecule has 0 saturated heterocycles. The Morgan fingerprint density at radius 2 is 1.58 bits per heavy atom. The van der Waals surface area contributed by atoms with Crippen molar-refractivity contribution in [3.8, 4) is 0 Å². The first-order valence-corrected chi connectivity index (χ1v) is 9.09. The average molecular weight is 392 g/mol. The molecule has 12 heteroatoms. The molecule has 0 spiro atoms. The normalized spacial score (nSPS) is 12.5. The molecular weight excluding hydrogens is 368 g/mol. The van der Waals surface area contributed by atoms with Gasteiger partial charge in [-0.05, 0) is 24.9 Å². The van der Waals surface area contributed by atoms with Gasteiger partial charge in [0.05, 0.1) is 12.6 Å². The third-order valence-electron chi connectivity index (χ3n) is 3.11.